The Labute approximate surface area is 301 Å². The summed E-state index contributed by atoms with van der Waals surface area (Å²) < 4.78 is 0. The summed E-state index contributed by atoms with van der Waals surface area (Å²) in [5.41, 5.74) is 8.63. The van der Waals surface area contributed by atoms with Gasteiger partial charge in [-0.05, 0) is 65.9 Å². The predicted molar refractivity (Wildman–Crippen MR) is 207 cm³/mol. The first-order valence-electron chi connectivity index (χ1n) is 17.3. The lowest BCUT2D eigenvalue weighted by molar-refractivity contribution is 0.978. The van der Waals surface area contributed by atoms with Crippen LogP contribution in [-0.4, -0.2) is 34.9 Å². The third-order valence-corrected chi connectivity index (χ3v) is 9.07. The van der Waals surface area contributed by atoms with E-state index < -0.39 is 0 Å². The smallest absolute Gasteiger partial charge is 0.164 e. The highest BCUT2D eigenvalue weighted by Gasteiger charge is 2.17. The molecule has 0 atom stereocenters. The first-order valence-corrected chi connectivity index (χ1v) is 17.3. The van der Waals surface area contributed by atoms with Crippen LogP contribution in [0.5, 0.6) is 0 Å². The second kappa shape index (κ2) is 13.7. The van der Waals surface area contributed by atoms with Crippen LogP contribution >= 0.6 is 0 Å². The van der Waals surface area contributed by atoms with Crippen molar-refractivity contribution in [1.82, 2.24) is 34.9 Å². The molecule has 0 N–H and O–H groups in total. The van der Waals surface area contributed by atoms with Crippen molar-refractivity contribution in [3.8, 4) is 68.1 Å². The van der Waals surface area contributed by atoms with Gasteiger partial charge < -0.3 is 0 Å². The van der Waals surface area contributed by atoms with Crippen LogP contribution in [0.3, 0.4) is 0 Å². The van der Waals surface area contributed by atoms with Crippen molar-refractivity contribution in [2.75, 3.05) is 0 Å². The monoisotopic (exact) mass is 669 g/mol. The number of allylic oxidation sites excluding steroid dienone is 4. The van der Waals surface area contributed by atoms with Crippen LogP contribution in [0.15, 0.2) is 164 Å². The second-order valence-corrected chi connectivity index (χ2v) is 12.6. The molecule has 9 rings (SSSR count). The van der Waals surface area contributed by atoms with Gasteiger partial charge in [-0.25, -0.2) is 29.9 Å². The average molecular weight is 670 g/mol. The number of rotatable bonds is 7. The van der Waals surface area contributed by atoms with Gasteiger partial charge in [-0.3, -0.25) is 4.98 Å². The van der Waals surface area contributed by atoms with Gasteiger partial charge in [-0.2, -0.15) is 0 Å². The number of aromatic nitrogens is 7. The summed E-state index contributed by atoms with van der Waals surface area (Å²) in [6, 6.07) is 46.9. The lowest BCUT2D eigenvalue weighted by atomic mass is 10.0. The van der Waals surface area contributed by atoms with Crippen LogP contribution in [0.2, 0.25) is 0 Å². The van der Waals surface area contributed by atoms with Crippen LogP contribution in [0.4, 0.5) is 0 Å². The van der Waals surface area contributed by atoms with E-state index in [-0.39, 0.29) is 0 Å². The zero-order valence-corrected chi connectivity index (χ0v) is 28.1. The Balaban J connectivity index is 1.17. The topological polar surface area (TPSA) is 90.2 Å². The molecule has 1 aliphatic rings. The average Bonchev–Trinajstić information content (AvgIpc) is 3.24. The summed E-state index contributed by atoms with van der Waals surface area (Å²) in [7, 11) is 0. The molecule has 0 unspecified atom stereocenters. The standard InChI is InChI=1S/C45H31N7/c1-4-13-30(14-5-1)33-19-10-20-35(27-33)42-47-40(31-15-6-2-7-16-31)48-43(51-42)36-21-11-22-37(29-36)44-49-41(32-17-8-3-9-18-32)50-45(52-44)38-24-25-39-34(28-38)23-12-26-46-39/h1-6,8-15,17-29H,7,16H2. The predicted octanol–water partition coefficient (Wildman–Crippen LogP) is 10.3. The van der Waals surface area contributed by atoms with Gasteiger partial charge in [0.15, 0.2) is 34.9 Å². The molecular formula is C45H31N7. The Morgan fingerprint density at radius 1 is 0.385 bits per heavy atom. The third kappa shape index (κ3) is 6.39. The van der Waals surface area contributed by atoms with Crippen molar-refractivity contribution in [3.05, 3.63) is 170 Å². The molecule has 7 heteroatoms. The van der Waals surface area contributed by atoms with Crippen LogP contribution in [0.1, 0.15) is 18.7 Å². The molecule has 246 valence electrons. The normalized spacial score (nSPS) is 12.5. The number of fused-ring (bicyclic) bond motifs is 1. The van der Waals surface area contributed by atoms with Crippen molar-refractivity contribution >= 4 is 16.5 Å². The van der Waals surface area contributed by atoms with Gasteiger partial charge in [0.1, 0.15) is 0 Å². The lowest BCUT2D eigenvalue weighted by Crippen LogP contribution is -2.04. The first-order chi connectivity index (χ1) is 25.7. The Morgan fingerprint density at radius 2 is 0.904 bits per heavy atom. The molecule has 3 heterocycles. The van der Waals surface area contributed by atoms with E-state index >= 15 is 0 Å². The summed E-state index contributed by atoms with van der Waals surface area (Å²) in [4.78, 5) is 34.6. The molecule has 0 saturated carbocycles. The molecule has 0 radical (unpaired) electrons. The van der Waals surface area contributed by atoms with E-state index in [2.05, 4.69) is 83.9 Å². The van der Waals surface area contributed by atoms with E-state index in [1.807, 2.05) is 78.9 Å². The molecule has 0 aliphatic heterocycles. The van der Waals surface area contributed by atoms with E-state index in [4.69, 9.17) is 29.9 Å². The van der Waals surface area contributed by atoms with Crippen LogP contribution in [0, 0.1) is 0 Å². The summed E-state index contributed by atoms with van der Waals surface area (Å²) in [6.45, 7) is 0. The number of hydrogen-bond acceptors (Lipinski definition) is 7. The Kier molecular flexibility index (Phi) is 8.19. The molecule has 1 aliphatic carbocycles. The van der Waals surface area contributed by atoms with E-state index in [1.165, 1.54) is 0 Å². The molecule has 7 nitrogen and oxygen atoms in total. The molecule has 0 saturated heterocycles. The molecule has 3 aromatic heterocycles. The number of hydrogen-bond donors (Lipinski definition) is 0. The van der Waals surface area contributed by atoms with Crippen LogP contribution in [0.25, 0.3) is 84.5 Å². The highest BCUT2D eigenvalue weighted by atomic mass is 15.0. The highest BCUT2D eigenvalue weighted by Crippen LogP contribution is 2.31. The van der Waals surface area contributed by atoms with E-state index in [9.17, 15) is 0 Å². The fraction of sp³-hybridized carbons (Fsp3) is 0.0444. The maximum atomic E-state index is 5.07. The summed E-state index contributed by atoms with van der Waals surface area (Å²) >= 11 is 0. The van der Waals surface area contributed by atoms with Crippen LogP contribution < -0.4 is 0 Å². The largest absolute Gasteiger partial charge is 0.256 e. The minimum absolute atomic E-state index is 0.558. The Hall–Kier alpha value is -6.99. The number of benzene rings is 5. The van der Waals surface area contributed by atoms with Gasteiger partial charge in [0.2, 0.25) is 0 Å². The summed E-state index contributed by atoms with van der Waals surface area (Å²) in [5, 5.41) is 1.02. The lowest BCUT2D eigenvalue weighted by Gasteiger charge is -2.13. The Bertz CT molecular complexity index is 2630. The molecular weight excluding hydrogens is 639 g/mol. The van der Waals surface area contributed by atoms with E-state index in [0.717, 1.165) is 68.3 Å². The Morgan fingerprint density at radius 3 is 1.52 bits per heavy atom. The number of pyridine rings is 1. The molecule has 52 heavy (non-hydrogen) atoms. The van der Waals surface area contributed by atoms with Gasteiger partial charge in [0, 0.05) is 39.4 Å². The molecule has 0 fully saturated rings. The minimum Gasteiger partial charge on any atom is -0.256 e. The zero-order chi connectivity index (χ0) is 34.7. The first kappa shape index (κ1) is 31.0. The van der Waals surface area contributed by atoms with Gasteiger partial charge in [0.25, 0.3) is 0 Å². The minimum atomic E-state index is 0.558. The van der Waals surface area contributed by atoms with Gasteiger partial charge in [-0.15, -0.1) is 0 Å². The van der Waals surface area contributed by atoms with Crippen molar-refractivity contribution in [3.63, 3.8) is 0 Å². The van der Waals surface area contributed by atoms with Crippen molar-refractivity contribution in [2.45, 2.75) is 12.8 Å². The van der Waals surface area contributed by atoms with E-state index in [1.54, 1.807) is 6.20 Å². The number of nitrogens with zero attached hydrogens (tertiary/aromatic N) is 7. The molecule has 5 aromatic carbocycles. The van der Waals surface area contributed by atoms with Crippen molar-refractivity contribution < 1.29 is 0 Å². The van der Waals surface area contributed by atoms with Gasteiger partial charge in [0.05, 0.1) is 5.52 Å². The summed E-state index contributed by atoms with van der Waals surface area (Å²) in [6.07, 6.45) is 9.95. The summed E-state index contributed by atoms with van der Waals surface area (Å²) in [5.74, 6) is 3.62. The van der Waals surface area contributed by atoms with E-state index in [0.29, 0.717) is 34.9 Å². The SMILES string of the molecule is C1=CCCC(c2nc(-c3cccc(-c4ccccc4)c3)nc(-c3cccc(-c4nc(-c5ccccc5)nc(-c5ccc6ncccc6c5)n4)c3)n2)=C1. The fourth-order valence-corrected chi connectivity index (χ4v) is 6.40. The maximum absolute atomic E-state index is 5.07. The molecule has 0 spiro atoms. The fourth-order valence-electron chi connectivity index (χ4n) is 6.40. The zero-order valence-electron chi connectivity index (χ0n) is 28.1. The molecule has 0 amide bonds. The van der Waals surface area contributed by atoms with Crippen molar-refractivity contribution in [2.24, 2.45) is 0 Å². The van der Waals surface area contributed by atoms with Crippen molar-refractivity contribution in [1.29, 1.82) is 0 Å². The second-order valence-electron chi connectivity index (χ2n) is 12.6. The molecule has 0 bridgehead atoms. The van der Waals surface area contributed by atoms with Crippen LogP contribution in [-0.2, 0) is 0 Å². The maximum Gasteiger partial charge on any atom is 0.164 e. The quantitative estimate of drug-likeness (QED) is 0.167. The highest BCUT2D eigenvalue weighted by molar-refractivity contribution is 5.83. The molecule has 8 aromatic rings. The van der Waals surface area contributed by atoms with Gasteiger partial charge in [-0.1, -0.05) is 121 Å². The third-order valence-electron chi connectivity index (χ3n) is 9.07. The van der Waals surface area contributed by atoms with Gasteiger partial charge >= 0.3 is 0 Å².